The summed E-state index contributed by atoms with van der Waals surface area (Å²) in [6.45, 7) is 1.81. The minimum absolute atomic E-state index is 0.226. The lowest BCUT2D eigenvalue weighted by atomic mass is 10.1. The molecule has 122 valence electrons. The molecule has 0 amide bonds. The molecule has 1 N–H and O–H groups in total. The zero-order chi connectivity index (χ0) is 17.3. The largest absolute Gasteiger partial charge is 0.710 e. The normalized spacial score (nSPS) is 10.6. The molecule has 24 heavy (non-hydrogen) atoms. The van der Waals surface area contributed by atoms with E-state index in [1.54, 1.807) is 31.4 Å². The molecule has 0 bridgehead atoms. The van der Waals surface area contributed by atoms with E-state index >= 15 is 0 Å². The fourth-order valence-electron chi connectivity index (χ4n) is 2.40. The lowest BCUT2D eigenvalue weighted by Crippen LogP contribution is -2.29. The van der Waals surface area contributed by atoms with Gasteiger partial charge >= 0.3 is 0 Å². The molecule has 0 aliphatic carbocycles. The highest BCUT2D eigenvalue weighted by Crippen LogP contribution is 2.32. The highest BCUT2D eigenvalue weighted by Gasteiger charge is 2.15. The van der Waals surface area contributed by atoms with Crippen molar-refractivity contribution in [1.29, 1.82) is 0 Å². The van der Waals surface area contributed by atoms with Crippen LogP contribution in [0, 0.1) is 12.1 Å². The number of rotatable bonds is 3. The Balaban J connectivity index is 2.14. The molecule has 1 aromatic heterocycles. The Morgan fingerprint density at radius 2 is 1.96 bits per heavy atom. The lowest BCUT2D eigenvalue weighted by molar-refractivity contribution is -0.597. The second-order valence-electron chi connectivity index (χ2n) is 5.33. The number of ether oxygens (including phenoxy) is 1. The van der Waals surface area contributed by atoms with Crippen molar-refractivity contribution in [1.82, 2.24) is 4.98 Å². The molecule has 5 nitrogen and oxygen atoms in total. The van der Waals surface area contributed by atoms with Gasteiger partial charge in [0.05, 0.1) is 7.11 Å². The van der Waals surface area contributed by atoms with E-state index in [1.165, 1.54) is 6.33 Å². The standard InChI is InChI=1S/C18H15BrN2O3/c1-11-7-12(3-6-18(11)22)16-9-17(21(23)10-20-16)14-8-13(24-2)4-5-15(14)19/h3-10,22H,1-2H3. The number of hydrogen-bond acceptors (Lipinski definition) is 4. The Morgan fingerprint density at radius 1 is 1.17 bits per heavy atom. The number of aromatic hydroxyl groups is 1. The predicted molar refractivity (Wildman–Crippen MR) is 94.7 cm³/mol. The average molecular weight is 387 g/mol. The SMILES string of the molecule is COc1ccc(Br)c(-c2cc(-c3ccc(O)c(C)c3)nc[n+]2[O-])c1. The summed E-state index contributed by atoms with van der Waals surface area (Å²) >= 11 is 3.47. The van der Waals surface area contributed by atoms with Gasteiger partial charge in [-0.15, -0.1) is 0 Å². The molecule has 0 aliphatic rings. The number of aryl methyl sites for hydroxylation is 1. The van der Waals surface area contributed by atoms with Gasteiger partial charge in [-0.2, -0.15) is 0 Å². The number of hydrogen-bond donors (Lipinski definition) is 1. The monoisotopic (exact) mass is 386 g/mol. The molecular formula is C18H15BrN2O3. The molecule has 0 radical (unpaired) electrons. The highest BCUT2D eigenvalue weighted by molar-refractivity contribution is 9.10. The van der Waals surface area contributed by atoms with Gasteiger partial charge in [0.2, 0.25) is 0 Å². The highest BCUT2D eigenvalue weighted by atomic mass is 79.9. The zero-order valence-electron chi connectivity index (χ0n) is 13.2. The Labute approximate surface area is 147 Å². The third kappa shape index (κ3) is 3.05. The second kappa shape index (κ2) is 6.49. The third-order valence-electron chi connectivity index (χ3n) is 3.75. The van der Waals surface area contributed by atoms with E-state index < -0.39 is 0 Å². The Bertz CT molecular complexity index is 913. The molecule has 0 aliphatic heterocycles. The van der Waals surface area contributed by atoms with Crippen LogP contribution in [0.4, 0.5) is 0 Å². The van der Waals surface area contributed by atoms with Crippen molar-refractivity contribution in [3.63, 3.8) is 0 Å². The van der Waals surface area contributed by atoms with Crippen molar-refractivity contribution in [2.24, 2.45) is 0 Å². The quantitative estimate of drug-likeness (QED) is 0.548. The number of halogens is 1. The smallest absolute Gasteiger partial charge is 0.290 e. The number of methoxy groups -OCH3 is 1. The number of phenols is 1. The molecule has 2 aromatic carbocycles. The van der Waals surface area contributed by atoms with Crippen LogP contribution in [0.5, 0.6) is 11.5 Å². The minimum Gasteiger partial charge on any atom is -0.710 e. The van der Waals surface area contributed by atoms with Gasteiger partial charge in [-0.25, -0.2) is 4.73 Å². The Hall–Kier alpha value is -2.60. The van der Waals surface area contributed by atoms with E-state index in [0.29, 0.717) is 22.7 Å². The molecule has 0 saturated carbocycles. The Morgan fingerprint density at radius 3 is 2.67 bits per heavy atom. The van der Waals surface area contributed by atoms with Gasteiger partial charge in [0.1, 0.15) is 17.2 Å². The van der Waals surface area contributed by atoms with Crippen LogP contribution in [-0.4, -0.2) is 17.2 Å². The summed E-state index contributed by atoms with van der Waals surface area (Å²) in [5.41, 5.74) is 3.39. The maximum absolute atomic E-state index is 12.2. The molecule has 0 spiro atoms. The van der Waals surface area contributed by atoms with E-state index in [0.717, 1.165) is 20.3 Å². The maximum atomic E-state index is 12.2. The molecule has 0 unspecified atom stereocenters. The first-order valence-corrected chi connectivity index (χ1v) is 8.02. The van der Waals surface area contributed by atoms with E-state index in [4.69, 9.17) is 4.74 Å². The maximum Gasteiger partial charge on any atom is 0.290 e. The molecule has 1 heterocycles. The predicted octanol–water partition coefficient (Wildman–Crippen LogP) is 3.83. The van der Waals surface area contributed by atoms with E-state index in [9.17, 15) is 10.3 Å². The molecule has 0 atom stereocenters. The van der Waals surface area contributed by atoms with Crippen LogP contribution in [0.25, 0.3) is 22.5 Å². The summed E-state index contributed by atoms with van der Waals surface area (Å²) in [6, 6.07) is 12.4. The first-order valence-electron chi connectivity index (χ1n) is 7.22. The van der Waals surface area contributed by atoms with Crippen LogP contribution in [0.3, 0.4) is 0 Å². The van der Waals surface area contributed by atoms with Crippen LogP contribution in [0.15, 0.2) is 53.3 Å². The summed E-state index contributed by atoms with van der Waals surface area (Å²) in [7, 11) is 1.58. The fourth-order valence-corrected chi connectivity index (χ4v) is 2.85. The summed E-state index contributed by atoms with van der Waals surface area (Å²) < 4.78 is 6.74. The van der Waals surface area contributed by atoms with Gasteiger partial charge in [-0.1, -0.05) is 15.9 Å². The van der Waals surface area contributed by atoms with E-state index in [1.807, 2.05) is 25.1 Å². The van der Waals surface area contributed by atoms with Gasteiger partial charge in [-0.05, 0) is 53.9 Å². The molecule has 6 heteroatoms. The van der Waals surface area contributed by atoms with Gasteiger partial charge in [0, 0.05) is 21.7 Å². The average Bonchev–Trinajstić information content (AvgIpc) is 2.58. The molecular weight excluding hydrogens is 372 g/mol. The van der Waals surface area contributed by atoms with Crippen molar-refractivity contribution < 1.29 is 14.6 Å². The van der Waals surface area contributed by atoms with Crippen LogP contribution in [-0.2, 0) is 0 Å². The Kier molecular flexibility index (Phi) is 4.40. The molecule has 0 saturated heterocycles. The number of benzene rings is 2. The number of phenolic OH excluding ortho intramolecular Hbond substituents is 1. The van der Waals surface area contributed by atoms with Gasteiger partial charge in [0.15, 0.2) is 5.69 Å². The molecule has 3 aromatic rings. The summed E-state index contributed by atoms with van der Waals surface area (Å²) in [4.78, 5) is 4.20. The van der Waals surface area contributed by atoms with Gasteiger partial charge < -0.3 is 15.1 Å². The summed E-state index contributed by atoms with van der Waals surface area (Å²) in [6.07, 6.45) is 1.23. The lowest BCUT2D eigenvalue weighted by Gasteiger charge is -2.12. The summed E-state index contributed by atoms with van der Waals surface area (Å²) in [5, 5.41) is 21.9. The third-order valence-corrected chi connectivity index (χ3v) is 4.45. The van der Waals surface area contributed by atoms with Gasteiger partial charge in [0.25, 0.3) is 6.33 Å². The van der Waals surface area contributed by atoms with Gasteiger partial charge in [-0.3, -0.25) is 0 Å². The van der Waals surface area contributed by atoms with Crippen molar-refractivity contribution in [2.75, 3.05) is 7.11 Å². The molecule has 3 rings (SSSR count). The van der Waals surface area contributed by atoms with Crippen molar-refractivity contribution in [3.8, 4) is 34.0 Å². The minimum atomic E-state index is 0.226. The number of aromatic nitrogens is 2. The number of nitrogens with zero attached hydrogens (tertiary/aromatic N) is 2. The van der Waals surface area contributed by atoms with Crippen molar-refractivity contribution in [3.05, 3.63) is 64.0 Å². The van der Waals surface area contributed by atoms with E-state index in [2.05, 4.69) is 20.9 Å². The van der Waals surface area contributed by atoms with Crippen LogP contribution in [0.1, 0.15) is 5.56 Å². The van der Waals surface area contributed by atoms with Crippen LogP contribution in [0.2, 0.25) is 0 Å². The zero-order valence-corrected chi connectivity index (χ0v) is 14.7. The van der Waals surface area contributed by atoms with Crippen molar-refractivity contribution in [2.45, 2.75) is 6.92 Å². The topological polar surface area (TPSA) is 69.3 Å². The van der Waals surface area contributed by atoms with Crippen molar-refractivity contribution >= 4 is 15.9 Å². The first-order chi connectivity index (χ1) is 11.5. The first kappa shape index (κ1) is 16.3. The van der Waals surface area contributed by atoms with E-state index in [-0.39, 0.29) is 5.75 Å². The summed E-state index contributed by atoms with van der Waals surface area (Å²) in [5.74, 6) is 0.886. The van der Waals surface area contributed by atoms with Crippen LogP contribution < -0.4 is 9.47 Å². The van der Waals surface area contributed by atoms with Crippen LogP contribution >= 0.6 is 15.9 Å². The fraction of sp³-hybridized carbons (Fsp3) is 0.111. The second-order valence-corrected chi connectivity index (χ2v) is 6.19. The molecule has 0 fully saturated rings.